The lowest BCUT2D eigenvalue weighted by Gasteiger charge is -2.18. The molecule has 0 saturated carbocycles. The van der Waals surface area contributed by atoms with Crippen molar-refractivity contribution in [1.82, 2.24) is 4.90 Å². The molecule has 0 aromatic heterocycles. The summed E-state index contributed by atoms with van der Waals surface area (Å²) in [6, 6.07) is 13.3. The minimum atomic E-state index is -0.638. The third kappa shape index (κ3) is 6.01. The molecule has 0 saturated heterocycles. The number of hydrogen-bond donors (Lipinski definition) is 1. The van der Waals surface area contributed by atoms with Crippen LogP contribution in [0.25, 0.3) is 0 Å². The molecular weight excluding hydrogens is 364 g/mol. The molecule has 0 aliphatic carbocycles. The van der Waals surface area contributed by atoms with Gasteiger partial charge in [0.1, 0.15) is 11.5 Å². The molecule has 0 unspecified atom stereocenters. The highest BCUT2D eigenvalue weighted by atomic mass is 16.5. The Morgan fingerprint density at radius 2 is 1.68 bits per heavy atom. The van der Waals surface area contributed by atoms with Crippen LogP contribution in [0.3, 0.4) is 0 Å². The van der Waals surface area contributed by atoms with Crippen LogP contribution in [0.1, 0.15) is 15.9 Å². The molecule has 2 rings (SSSR count). The molecule has 2 aromatic rings. The third-order valence-electron chi connectivity index (χ3n) is 3.82. The summed E-state index contributed by atoms with van der Waals surface area (Å²) in [4.78, 5) is 36.4. The van der Waals surface area contributed by atoms with Crippen LogP contribution < -0.4 is 15.2 Å². The number of nitrogens with zero attached hydrogens (tertiary/aromatic N) is 1. The smallest absolute Gasteiger partial charge is 0.338 e. The number of nitrogens with two attached hydrogens (primary N) is 1. The zero-order valence-electron chi connectivity index (χ0n) is 15.7. The van der Waals surface area contributed by atoms with Crippen molar-refractivity contribution in [2.75, 3.05) is 27.4 Å². The van der Waals surface area contributed by atoms with Gasteiger partial charge in [0.05, 0.1) is 12.7 Å². The van der Waals surface area contributed by atoms with E-state index < -0.39 is 11.9 Å². The van der Waals surface area contributed by atoms with Crippen molar-refractivity contribution >= 4 is 17.8 Å². The van der Waals surface area contributed by atoms with Gasteiger partial charge in [-0.3, -0.25) is 9.59 Å². The summed E-state index contributed by atoms with van der Waals surface area (Å²) in [5.41, 5.74) is 6.10. The number of para-hydroxylation sites is 1. The molecule has 0 bridgehead atoms. The average molecular weight is 386 g/mol. The summed E-state index contributed by atoms with van der Waals surface area (Å²) >= 11 is 0. The number of benzene rings is 2. The molecular formula is C20H22N2O6. The number of likely N-dealkylation sites (N-methyl/N-ethyl adjacent to an activating group) is 1. The van der Waals surface area contributed by atoms with Gasteiger partial charge in [0.2, 0.25) is 0 Å². The van der Waals surface area contributed by atoms with Crippen LogP contribution in [0.15, 0.2) is 48.5 Å². The highest BCUT2D eigenvalue weighted by Gasteiger charge is 2.15. The zero-order valence-corrected chi connectivity index (χ0v) is 15.7. The predicted octanol–water partition coefficient (Wildman–Crippen LogP) is 1.37. The van der Waals surface area contributed by atoms with Gasteiger partial charge in [-0.25, -0.2) is 4.79 Å². The van der Waals surface area contributed by atoms with Crippen molar-refractivity contribution in [3.8, 4) is 11.5 Å². The van der Waals surface area contributed by atoms with E-state index in [1.807, 2.05) is 24.3 Å². The molecule has 2 N–H and O–H groups in total. The second-order valence-corrected chi connectivity index (χ2v) is 5.92. The first-order valence-electron chi connectivity index (χ1n) is 8.45. The van der Waals surface area contributed by atoms with Crippen molar-refractivity contribution in [1.29, 1.82) is 0 Å². The molecule has 2 aromatic carbocycles. The van der Waals surface area contributed by atoms with Crippen LogP contribution in [-0.2, 0) is 20.9 Å². The monoisotopic (exact) mass is 386 g/mol. The number of esters is 1. The van der Waals surface area contributed by atoms with Gasteiger partial charge in [-0.05, 0) is 30.3 Å². The Balaban J connectivity index is 1.85. The number of carbonyl (C=O) groups excluding carboxylic acids is 3. The standard InChI is InChI=1S/C20H22N2O6/c1-22(11-15-5-3-4-6-17(15)26-2)19(24)13-28-20(25)14-7-9-16(10-8-14)27-12-18(21)23/h3-10H,11-13H2,1-2H3,(H2,21,23). The van der Waals surface area contributed by atoms with Gasteiger partial charge in [-0.2, -0.15) is 0 Å². The molecule has 28 heavy (non-hydrogen) atoms. The molecule has 0 aliphatic rings. The Hall–Kier alpha value is -3.55. The zero-order chi connectivity index (χ0) is 20.5. The van der Waals surface area contributed by atoms with Gasteiger partial charge in [0, 0.05) is 19.2 Å². The molecule has 0 aliphatic heterocycles. The van der Waals surface area contributed by atoms with Crippen molar-refractivity contribution < 1.29 is 28.6 Å². The fourth-order valence-corrected chi connectivity index (χ4v) is 2.34. The molecule has 148 valence electrons. The fourth-order valence-electron chi connectivity index (χ4n) is 2.34. The first kappa shape index (κ1) is 20.8. The van der Waals surface area contributed by atoms with Crippen molar-refractivity contribution in [2.45, 2.75) is 6.54 Å². The number of hydrogen-bond acceptors (Lipinski definition) is 6. The Labute approximate surface area is 162 Å². The van der Waals surface area contributed by atoms with Crippen molar-refractivity contribution in [3.63, 3.8) is 0 Å². The summed E-state index contributed by atoms with van der Waals surface area (Å²) in [6.07, 6.45) is 0. The number of rotatable bonds is 9. The highest BCUT2D eigenvalue weighted by molar-refractivity contribution is 5.91. The Kier molecular flexibility index (Phi) is 7.38. The van der Waals surface area contributed by atoms with Crippen LogP contribution in [-0.4, -0.2) is 50.1 Å². The van der Waals surface area contributed by atoms with Crippen LogP contribution in [0.4, 0.5) is 0 Å². The van der Waals surface area contributed by atoms with Crippen LogP contribution in [0, 0.1) is 0 Å². The minimum absolute atomic E-state index is 0.253. The van der Waals surface area contributed by atoms with E-state index in [1.165, 1.54) is 29.2 Å². The van der Waals surface area contributed by atoms with Crippen LogP contribution in [0.5, 0.6) is 11.5 Å². The van der Waals surface area contributed by atoms with E-state index in [0.29, 0.717) is 18.0 Å². The maximum absolute atomic E-state index is 12.2. The first-order valence-corrected chi connectivity index (χ1v) is 8.45. The normalized spacial score (nSPS) is 10.1. The van der Waals surface area contributed by atoms with Crippen molar-refractivity contribution in [3.05, 3.63) is 59.7 Å². The van der Waals surface area contributed by atoms with E-state index in [0.717, 1.165) is 5.56 Å². The summed E-state index contributed by atoms with van der Waals surface area (Å²) < 4.78 is 15.4. The van der Waals surface area contributed by atoms with Gasteiger partial charge < -0.3 is 24.8 Å². The van der Waals surface area contributed by atoms with E-state index in [9.17, 15) is 14.4 Å². The second kappa shape index (κ2) is 9.96. The van der Waals surface area contributed by atoms with Gasteiger partial charge in [-0.1, -0.05) is 18.2 Å². The molecule has 0 fully saturated rings. The number of methoxy groups -OCH3 is 1. The van der Waals surface area contributed by atoms with E-state index in [-0.39, 0.29) is 24.7 Å². The molecule has 0 atom stereocenters. The number of ether oxygens (including phenoxy) is 3. The van der Waals surface area contributed by atoms with E-state index in [2.05, 4.69) is 0 Å². The van der Waals surface area contributed by atoms with E-state index >= 15 is 0 Å². The molecule has 2 amide bonds. The lowest BCUT2D eigenvalue weighted by Crippen LogP contribution is -2.31. The quantitative estimate of drug-likeness (QED) is 0.652. The van der Waals surface area contributed by atoms with Gasteiger partial charge in [0.25, 0.3) is 11.8 Å². The van der Waals surface area contributed by atoms with Gasteiger partial charge in [0.15, 0.2) is 13.2 Å². The topological polar surface area (TPSA) is 108 Å². The maximum Gasteiger partial charge on any atom is 0.338 e. The largest absolute Gasteiger partial charge is 0.496 e. The van der Waals surface area contributed by atoms with Crippen LogP contribution in [0.2, 0.25) is 0 Å². The molecule has 8 nitrogen and oxygen atoms in total. The molecule has 0 heterocycles. The van der Waals surface area contributed by atoms with Gasteiger partial charge >= 0.3 is 5.97 Å². The molecule has 0 spiro atoms. The Morgan fingerprint density at radius 1 is 1.00 bits per heavy atom. The SMILES string of the molecule is COc1ccccc1CN(C)C(=O)COC(=O)c1ccc(OCC(N)=O)cc1. The number of carbonyl (C=O) groups is 3. The first-order chi connectivity index (χ1) is 13.4. The number of amides is 2. The molecule has 0 radical (unpaired) electrons. The summed E-state index contributed by atoms with van der Waals surface area (Å²) in [5.74, 6) is -0.513. The van der Waals surface area contributed by atoms with Gasteiger partial charge in [-0.15, -0.1) is 0 Å². The maximum atomic E-state index is 12.2. The van der Waals surface area contributed by atoms with E-state index in [1.54, 1.807) is 14.2 Å². The number of primary amides is 1. The summed E-state index contributed by atoms with van der Waals surface area (Å²) in [5, 5.41) is 0. The Morgan fingerprint density at radius 3 is 2.32 bits per heavy atom. The predicted molar refractivity (Wildman–Crippen MR) is 101 cm³/mol. The van der Waals surface area contributed by atoms with E-state index in [4.69, 9.17) is 19.9 Å². The van der Waals surface area contributed by atoms with Crippen molar-refractivity contribution in [2.24, 2.45) is 5.73 Å². The van der Waals surface area contributed by atoms with Crippen LogP contribution >= 0.6 is 0 Å². The lowest BCUT2D eigenvalue weighted by molar-refractivity contribution is -0.133. The second-order valence-electron chi connectivity index (χ2n) is 5.92. The average Bonchev–Trinajstić information content (AvgIpc) is 2.70. The third-order valence-corrected chi connectivity index (χ3v) is 3.82. The minimum Gasteiger partial charge on any atom is -0.496 e. The lowest BCUT2D eigenvalue weighted by atomic mass is 10.2. The Bertz CT molecular complexity index is 835. The fraction of sp³-hybridized carbons (Fsp3) is 0.250. The highest BCUT2D eigenvalue weighted by Crippen LogP contribution is 2.19. The molecule has 8 heteroatoms. The summed E-state index contributed by atoms with van der Waals surface area (Å²) in [7, 11) is 3.18. The summed E-state index contributed by atoms with van der Waals surface area (Å²) in [6.45, 7) is -0.312.